The molecule has 0 saturated heterocycles. The van der Waals surface area contributed by atoms with Crippen molar-refractivity contribution in [1.82, 2.24) is 20.1 Å². The summed E-state index contributed by atoms with van der Waals surface area (Å²) in [7, 11) is 1.94. The van der Waals surface area contributed by atoms with Crippen molar-refractivity contribution in [2.45, 2.75) is 27.3 Å². The molecule has 0 saturated carbocycles. The van der Waals surface area contributed by atoms with Crippen molar-refractivity contribution in [3.05, 3.63) is 40.8 Å². The van der Waals surface area contributed by atoms with Crippen LogP contribution in [-0.2, 0) is 6.54 Å². The van der Waals surface area contributed by atoms with Crippen LogP contribution in [0, 0.1) is 20.8 Å². The highest BCUT2D eigenvalue weighted by Crippen LogP contribution is 2.13. The maximum absolute atomic E-state index is 4.60. The van der Waals surface area contributed by atoms with Crippen LogP contribution in [0.15, 0.2) is 18.2 Å². The third kappa shape index (κ3) is 2.36. The van der Waals surface area contributed by atoms with Crippen molar-refractivity contribution in [2.24, 2.45) is 0 Å². The standard InChI is InChI=1S/C13H18N4/c1-9-7-10(2)17(16-9)13-6-5-12(8-14-4)11(3)15-13/h5-7,14H,8H2,1-4H3. The van der Waals surface area contributed by atoms with Gasteiger partial charge in [0.05, 0.1) is 5.69 Å². The van der Waals surface area contributed by atoms with Gasteiger partial charge in [0.25, 0.3) is 0 Å². The Hall–Kier alpha value is -1.68. The van der Waals surface area contributed by atoms with Gasteiger partial charge in [-0.2, -0.15) is 5.10 Å². The molecule has 0 spiro atoms. The van der Waals surface area contributed by atoms with E-state index < -0.39 is 0 Å². The Balaban J connectivity index is 2.41. The van der Waals surface area contributed by atoms with Gasteiger partial charge >= 0.3 is 0 Å². The summed E-state index contributed by atoms with van der Waals surface area (Å²) >= 11 is 0. The molecule has 0 unspecified atom stereocenters. The van der Waals surface area contributed by atoms with Crippen molar-refractivity contribution < 1.29 is 0 Å². The molecular weight excluding hydrogens is 212 g/mol. The van der Waals surface area contributed by atoms with Crippen molar-refractivity contribution in [1.29, 1.82) is 0 Å². The second-order valence-corrected chi connectivity index (χ2v) is 4.28. The van der Waals surface area contributed by atoms with Crippen LogP contribution < -0.4 is 5.32 Å². The minimum atomic E-state index is 0.843. The largest absolute Gasteiger partial charge is 0.316 e. The molecule has 17 heavy (non-hydrogen) atoms. The van der Waals surface area contributed by atoms with Crippen molar-refractivity contribution in [2.75, 3.05) is 7.05 Å². The number of hydrogen-bond donors (Lipinski definition) is 1. The van der Waals surface area contributed by atoms with E-state index in [-0.39, 0.29) is 0 Å². The lowest BCUT2D eigenvalue weighted by Gasteiger charge is -2.08. The van der Waals surface area contributed by atoms with E-state index in [1.807, 2.05) is 38.6 Å². The van der Waals surface area contributed by atoms with Gasteiger partial charge in [-0.3, -0.25) is 0 Å². The number of hydrogen-bond acceptors (Lipinski definition) is 3. The van der Waals surface area contributed by atoms with E-state index in [0.29, 0.717) is 0 Å². The predicted molar refractivity (Wildman–Crippen MR) is 68.3 cm³/mol. The summed E-state index contributed by atoms with van der Waals surface area (Å²) in [5, 5.41) is 7.57. The summed E-state index contributed by atoms with van der Waals surface area (Å²) in [5.41, 5.74) is 4.39. The Morgan fingerprint density at radius 3 is 2.53 bits per heavy atom. The molecule has 0 bridgehead atoms. The molecule has 2 rings (SSSR count). The molecule has 4 heteroatoms. The molecule has 2 aromatic heterocycles. The van der Waals surface area contributed by atoms with Crippen molar-refractivity contribution in [3.63, 3.8) is 0 Å². The minimum absolute atomic E-state index is 0.843. The van der Waals surface area contributed by atoms with E-state index in [9.17, 15) is 0 Å². The quantitative estimate of drug-likeness (QED) is 0.876. The molecule has 0 aromatic carbocycles. The van der Waals surface area contributed by atoms with Crippen LogP contribution >= 0.6 is 0 Å². The number of aromatic nitrogens is 3. The number of rotatable bonds is 3. The van der Waals surface area contributed by atoms with Gasteiger partial charge in [-0.1, -0.05) is 6.07 Å². The van der Waals surface area contributed by atoms with Gasteiger partial charge in [-0.25, -0.2) is 9.67 Å². The van der Waals surface area contributed by atoms with E-state index in [0.717, 1.165) is 29.4 Å². The molecule has 0 aliphatic carbocycles. The smallest absolute Gasteiger partial charge is 0.153 e. The second kappa shape index (κ2) is 4.67. The first-order valence-electron chi connectivity index (χ1n) is 5.76. The van der Waals surface area contributed by atoms with E-state index >= 15 is 0 Å². The number of pyridine rings is 1. The van der Waals surface area contributed by atoms with Gasteiger partial charge in [0.2, 0.25) is 0 Å². The zero-order valence-corrected chi connectivity index (χ0v) is 10.8. The van der Waals surface area contributed by atoms with Crippen LogP contribution in [0.5, 0.6) is 0 Å². The van der Waals surface area contributed by atoms with E-state index in [2.05, 4.69) is 27.5 Å². The predicted octanol–water partition coefficient (Wildman–Crippen LogP) is 1.91. The molecule has 0 aliphatic heterocycles. The monoisotopic (exact) mass is 230 g/mol. The van der Waals surface area contributed by atoms with Crippen molar-refractivity contribution >= 4 is 0 Å². The highest BCUT2D eigenvalue weighted by molar-refractivity contribution is 5.31. The Kier molecular flexibility index (Phi) is 3.24. The molecule has 0 atom stereocenters. The average molecular weight is 230 g/mol. The number of nitrogens with zero attached hydrogens (tertiary/aromatic N) is 3. The van der Waals surface area contributed by atoms with Crippen LogP contribution in [0.1, 0.15) is 22.6 Å². The highest BCUT2D eigenvalue weighted by Gasteiger charge is 2.06. The fourth-order valence-corrected chi connectivity index (χ4v) is 1.93. The van der Waals surface area contributed by atoms with Gasteiger partial charge in [-0.15, -0.1) is 0 Å². The molecule has 90 valence electrons. The minimum Gasteiger partial charge on any atom is -0.316 e. The van der Waals surface area contributed by atoms with Crippen molar-refractivity contribution in [3.8, 4) is 5.82 Å². The highest BCUT2D eigenvalue weighted by atomic mass is 15.3. The third-order valence-corrected chi connectivity index (χ3v) is 2.77. The van der Waals surface area contributed by atoms with Gasteiger partial charge in [0.1, 0.15) is 0 Å². The first-order chi connectivity index (χ1) is 8.11. The zero-order valence-electron chi connectivity index (χ0n) is 10.8. The molecule has 0 aliphatic rings. The summed E-state index contributed by atoms with van der Waals surface area (Å²) in [6.45, 7) is 6.91. The third-order valence-electron chi connectivity index (χ3n) is 2.77. The summed E-state index contributed by atoms with van der Waals surface area (Å²) in [6.07, 6.45) is 0. The Morgan fingerprint density at radius 2 is 2.00 bits per heavy atom. The first kappa shape index (κ1) is 11.8. The fraction of sp³-hybridized carbons (Fsp3) is 0.385. The van der Waals surface area contributed by atoms with Gasteiger partial charge in [0.15, 0.2) is 5.82 Å². The number of aryl methyl sites for hydroxylation is 3. The summed E-state index contributed by atoms with van der Waals surface area (Å²) in [6, 6.07) is 6.17. The molecule has 0 radical (unpaired) electrons. The molecule has 1 N–H and O–H groups in total. The lowest BCUT2D eigenvalue weighted by Crippen LogP contribution is -2.09. The Morgan fingerprint density at radius 1 is 1.24 bits per heavy atom. The maximum atomic E-state index is 4.60. The SMILES string of the molecule is CNCc1ccc(-n2nc(C)cc2C)nc1C. The van der Waals surface area contributed by atoms with Crippen LogP contribution in [0.3, 0.4) is 0 Å². The van der Waals surface area contributed by atoms with E-state index in [1.54, 1.807) is 0 Å². The van der Waals surface area contributed by atoms with Gasteiger partial charge in [0, 0.05) is 17.9 Å². The molecule has 4 nitrogen and oxygen atoms in total. The summed E-state index contributed by atoms with van der Waals surface area (Å²) in [4.78, 5) is 4.60. The molecule has 2 heterocycles. The zero-order chi connectivity index (χ0) is 12.4. The van der Waals surface area contributed by atoms with Gasteiger partial charge in [-0.05, 0) is 45.5 Å². The Labute approximate surface area is 102 Å². The van der Waals surface area contributed by atoms with Crippen LogP contribution in [0.4, 0.5) is 0 Å². The average Bonchev–Trinajstić information content (AvgIpc) is 2.61. The molecule has 2 aromatic rings. The fourth-order valence-electron chi connectivity index (χ4n) is 1.93. The van der Waals surface area contributed by atoms with Crippen LogP contribution in [0.2, 0.25) is 0 Å². The summed E-state index contributed by atoms with van der Waals surface area (Å²) < 4.78 is 1.88. The molecular formula is C13H18N4. The van der Waals surface area contributed by atoms with Crippen LogP contribution in [-0.4, -0.2) is 21.8 Å². The molecule has 0 amide bonds. The summed E-state index contributed by atoms with van der Waals surface area (Å²) in [5.74, 6) is 0.882. The van der Waals surface area contributed by atoms with E-state index in [4.69, 9.17) is 0 Å². The second-order valence-electron chi connectivity index (χ2n) is 4.28. The number of nitrogens with one attached hydrogen (secondary N) is 1. The molecule has 0 fully saturated rings. The first-order valence-corrected chi connectivity index (χ1v) is 5.76. The lowest BCUT2D eigenvalue weighted by atomic mass is 10.2. The topological polar surface area (TPSA) is 42.7 Å². The maximum Gasteiger partial charge on any atom is 0.153 e. The van der Waals surface area contributed by atoms with E-state index in [1.165, 1.54) is 5.56 Å². The Bertz CT molecular complexity index is 528. The van der Waals surface area contributed by atoms with Crippen LogP contribution in [0.25, 0.3) is 5.82 Å². The van der Waals surface area contributed by atoms with Gasteiger partial charge < -0.3 is 5.32 Å². The lowest BCUT2D eigenvalue weighted by molar-refractivity contribution is 0.777. The normalized spacial score (nSPS) is 10.8.